The maximum atomic E-state index is 6.14. The van der Waals surface area contributed by atoms with Gasteiger partial charge in [0.2, 0.25) is 5.89 Å². The quantitative estimate of drug-likeness (QED) is 0.564. The van der Waals surface area contributed by atoms with Crippen molar-refractivity contribution in [1.29, 1.82) is 0 Å². The van der Waals surface area contributed by atoms with E-state index in [0.29, 0.717) is 16.8 Å². The van der Waals surface area contributed by atoms with E-state index in [2.05, 4.69) is 41.4 Å². The minimum absolute atomic E-state index is 0.337. The molecule has 2 aromatic rings. The van der Waals surface area contributed by atoms with Crippen LogP contribution in [0.1, 0.15) is 31.2 Å². The van der Waals surface area contributed by atoms with Crippen molar-refractivity contribution < 1.29 is 4.42 Å². The summed E-state index contributed by atoms with van der Waals surface area (Å²) in [5.41, 5.74) is 1.86. The van der Waals surface area contributed by atoms with Crippen LogP contribution in [0.4, 0.5) is 0 Å². The highest BCUT2D eigenvalue weighted by Crippen LogP contribution is 2.31. The number of oxazole rings is 1. The first kappa shape index (κ1) is 12.9. The Morgan fingerprint density at radius 2 is 2.06 bits per heavy atom. The summed E-state index contributed by atoms with van der Waals surface area (Å²) in [5.74, 6) is 1.91. The molecule has 0 unspecified atom stereocenters. The zero-order valence-electron chi connectivity index (χ0n) is 9.71. The summed E-state index contributed by atoms with van der Waals surface area (Å²) in [6.07, 6.45) is 0. The molecule has 0 amide bonds. The first-order valence-electron chi connectivity index (χ1n) is 5.44. The normalized spacial score (nSPS) is 11.1. The van der Waals surface area contributed by atoms with Crippen LogP contribution in [-0.4, -0.2) is 4.98 Å². The Hall–Kier alpha value is -0.550. The SMILES string of the molecule is CC(C)c1oc(-c2ccccc2Cl)nc1CI. The topological polar surface area (TPSA) is 26.0 Å². The second kappa shape index (κ2) is 5.40. The third-order valence-corrected chi connectivity index (χ3v) is 3.53. The van der Waals surface area contributed by atoms with Gasteiger partial charge in [0.1, 0.15) is 5.76 Å². The molecule has 1 aromatic carbocycles. The zero-order chi connectivity index (χ0) is 12.4. The first-order valence-corrected chi connectivity index (χ1v) is 7.34. The summed E-state index contributed by atoms with van der Waals surface area (Å²) in [7, 11) is 0. The van der Waals surface area contributed by atoms with Crippen LogP contribution in [-0.2, 0) is 4.43 Å². The molecule has 0 aliphatic rings. The zero-order valence-corrected chi connectivity index (χ0v) is 12.6. The van der Waals surface area contributed by atoms with Crippen LogP contribution >= 0.6 is 34.2 Å². The van der Waals surface area contributed by atoms with Crippen LogP contribution in [0, 0.1) is 0 Å². The average Bonchev–Trinajstić information content (AvgIpc) is 2.73. The van der Waals surface area contributed by atoms with E-state index >= 15 is 0 Å². The summed E-state index contributed by atoms with van der Waals surface area (Å²) in [6.45, 7) is 4.21. The number of hydrogen-bond acceptors (Lipinski definition) is 2. The fraction of sp³-hybridized carbons (Fsp3) is 0.308. The summed E-state index contributed by atoms with van der Waals surface area (Å²) in [6, 6.07) is 7.61. The molecule has 0 saturated carbocycles. The Bertz CT molecular complexity index is 522. The molecule has 0 aliphatic heterocycles. The molecule has 17 heavy (non-hydrogen) atoms. The van der Waals surface area contributed by atoms with Crippen LogP contribution in [0.15, 0.2) is 28.7 Å². The fourth-order valence-electron chi connectivity index (χ4n) is 1.66. The highest BCUT2D eigenvalue weighted by molar-refractivity contribution is 14.1. The van der Waals surface area contributed by atoms with Crippen molar-refractivity contribution in [1.82, 2.24) is 4.98 Å². The lowest BCUT2D eigenvalue weighted by molar-refractivity contribution is 0.492. The van der Waals surface area contributed by atoms with E-state index in [-0.39, 0.29) is 0 Å². The maximum Gasteiger partial charge on any atom is 0.228 e. The molecule has 1 aromatic heterocycles. The number of halogens is 2. The van der Waals surface area contributed by atoms with Gasteiger partial charge in [-0.3, -0.25) is 0 Å². The highest BCUT2D eigenvalue weighted by atomic mass is 127. The van der Waals surface area contributed by atoms with E-state index in [1.807, 2.05) is 24.3 Å². The second-order valence-electron chi connectivity index (χ2n) is 4.10. The molecule has 4 heteroatoms. The Morgan fingerprint density at radius 3 is 2.59 bits per heavy atom. The average molecular weight is 362 g/mol. The largest absolute Gasteiger partial charge is 0.441 e. The molecular formula is C13H13ClINO. The molecule has 0 fully saturated rings. The summed E-state index contributed by atoms with van der Waals surface area (Å²) < 4.78 is 6.68. The molecule has 0 saturated heterocycles. The Kier molecular flexibility index (Phi) is 4.09. The number of benzene rings is 1. The monoisotopic (exact) mass is 361 g/mol. The molecule has 0 bridgehead atoms. The highest BCUT2D eigenvalue weighted by Gasteiger charge is 2.17. The number of nitrogens with zero attached hydrogens (tertiary/aromatic N) is 1. The smallest absolute Gasteiger partial charge is 0.228 e. The van der Waals surface area contributed by atoms with E-state index < -0.39 is 0 Å². The Morgan fingerprint density at radius 1 is 1.35 bits per heavy atom. The predicted molar refractivity (Wildman–Crippen MR) is 78.8 cm³/mol. The molecule has 1 heterocycles. The van der Waals surface area contributed by atoms with Crippen LogP contribution in [0.5, 0.6) is 0 Å². The predicted octanol–water partition coefficient (Wildman–Crippen LogP) is 5.05. The lowest BCUT2D eigenvalue weighted by Gasteiger charge is -2.00. The van der Waals surface area contributed by atoms with Crippen LogP contribution in [0.3, 0.4) is 0 Å². The lowest BCUT2D eigenvalue weighted by atomic mass is 10.1. The molecule has 2 rings (SSSR count). The number of aromatic nitrogens is 1. The van der Waals surface area contributed by atoms with Crippen molar-refractivity contribution >= 4 is 34.2 Å². The van der Waals surface area contributed by atoms with Gasteiger partial charge in [0.05, 0.1) is 16.3 Å². The van der Waals surface area contributed by atoms with Crippen molar-refractivity contribution in [2.45, 2.75) is 24.2 Å². The number of hydrogen-bond donors (Lipinski definition) is 0. The number of rotatable bonds is 3. The molecule has 2 nitrogen and oxygen atoms in total. The van der Waals surface area contributed by atoms with Gasteiger partial charge in [-0.05, 0) is 12.1 Å². The molecule has 0 atom stereocenters. The molecule has 0 aliphatic carbocycles. The molecule has 90 valence electrons. The van der Waals surface area contributed by atoms with Crippen molar-refractivity contribution in [3.63, 3.8) is 0 Å². The van der Waals surface area contributed by atoms with Crippen LogP contribution < -0.4 is 0 Å². The van der Waals surface area contributed by atoms with Crippen LogP contribution in [0.25, 0.3) is 11.5 Å². The molecule has 0 radical (unpaired) electrons. The van der Waals surface area contributed by atoms with E-state index in [9.17, 15) is 0 Å². The van der Waals surface area contributed by atoms with Gasteiger partial charge in [-0.15, -0.1) is 0 Å². The van der Waals surface area contributed by atoms with E-state index in [0.717, 1.165) is 21.4 Å². The van der Waals surface area contributed by atoms with Gasteiger partial charge >= 0.3 is 0 Å². The summed E-state index contributed by atoms with van der Waals surface area (Å²) in [4.78, 5) is 4.52. The fourth-order valence-corrected chi connectivity index (χ4v) is 2.42. The van der Waals surface area contributed by atoms with Gasteiger partial charge in [-0.1, -0.05) is 60.2 Å². The standard InChI is InChI=1S/C13H13ClINO/c1-8(2)12-11(7-15)16-13(17-12)9-5-3-4-6-10(9)14/h3-6,8H,7H2,1-2H3. The van der Waals surface area contributed by atoms with E-state index in [1.54, 1.807) is 0 Å². The van der Waals surface area contributed by atoms with E-state index in [1.165, 1.54) is 0 Å². The van der Waals surface area contributed by atoms with Crippen molar-refractivity contribution in [3.05, 3.63) is 40.7 Å². The summed E-state index contributed by atoms with van der Waals surface area (Å²) >= 11 is 8.44. The van der Waals surface area contributed by atoms with E-state index in [4.69, 9.17) is 16.0 Å². The number of alkyl halides is 1. The second-order valence-corrected chi connectivity index (χ2v) is 5.27. The Balaban J connectivity index is 2.51. The molecule has 0 spiro atoms. The van der Waals surface area contributed by atoms with Crippen molar-refractivity contribution in [2.24, 2.45) is 0 Å². The minimum Gasteiger partial charge on any atom is -0.441 e. The van der Waals surface area contributed by atoms with Crippen LogP contribution in [0.2, 0.25) is 5.02 Å². The third-order valence-electron chi connectivity index (χ3n) is 2.48. The van der Waals surface area contributed by atoms with Gasteiger partial charge in [0.25, 0.3) is 0 Å². The lowest BCUT2D eigenvalue weighted by Crippen LogP contribution is -1.89. The third kappa shape index (κ3) is 2.65. The van der Waals surface area contributed by atoms with Gasteiger partial charge in [-0.2, -0.15) is 0 Å². The van der Waals surface area contributed by atoms with Gasteiger partial charge in [-0.25, -0.2) is 4.98 Å². The molecular weight excluding hydrogens is 349 g/mol. The summed E-state index contributed by atoms with van der Waals surface area (Å²) in [5, 5.41) is 0.670. The van der Waals surface area contributed by atoms with Gasteiger partial charge in [0, 0.05) is 10.3 Å². The Labute approximate surface area is 120 Å². The minimum atomic E-state index is 0.337. The van der Waals surface area contributed by atoms with Gasteiger partial charge < -0.3 is 4.42 Å². The van der Waals surface area contributed by atoms with Crippen molar-refractivity contribution in [2.75, 3.05) is 0 Å². The maximum absolute atomic E-state index is 6.14. The van der Waals surface area contributed by atoms with Gasteiger partial charge in [0.15, 0.2) is 0 Å². The molecule has 0 N–H and O–H groups in total. The first-order chi connectivity index (χ1) is 8.13. The van der Waals surface area contributed by atoms with Crippen molar-refractivity contribution in [3.8, 4) is 11.5 Å².